The number of nitrogens with zero attached hydrogens (tertiary/aromatic N) is 3. The van der Waals surface area contributed by atoms with Crippen LogP contribution >= 0.6 is 27.5 Å². The van der Waals surface area contributed by atoms with Gasteiger partial charge in [-0.3, -0.25) is 10.1 Å². The molecule has 2 N–H and O–H groups in total. The summed E-state index contributed by atoms with van der Waals surface area (Å²) < 4.78 is 21.2. The van der Waals surface area contributed by atoms with Gasteiger partial charge in [-0.15, -0.1) is 0 Å². The highest BCUT2D eigenvalue weighted by molar-refractivity contribution is 9.10. The molecule has 1 aromatic heterocycles. The largest absolute Gasteiger partial charge is 0.369 e. The van der Waals surface area contributed by atoms with Crippen LogP contribution in [0.3, 0.4) is 0 Å². The van der Waals surface area contributed by atoms with Crippen LogP contribution in [0, 0.1) is 14.9 Å². The maximum Gasteiger partial charge on any atom is 0.270 e. The van der Waals surface area contributed by atoms with Gasteiger partial charge >= 0.3 is 0 Å². The lowest BCUT2D eigenvalue weighted by Crippen LogP contribution is -2.09. The number of rotatable bonds is 8. The molecule has 0 saturated carbocycles. The Morgan fingerprint density at radius 3 is 2.88 bits per heavy atom. The van der Waals surface area contributed by atoms with Gasteiger partial charge in [0.05, 0.1) is 24.0 Å². The molecule has 2 rings (SSSR count). The molecule has 0 bridgehead atoms. The predicted molar refractivity (Wildman–Crippen MR) is 99.6 cm³/mol. The lowest BCUT2D eigenvalue weighted by atomic mass is 10.3. The van der Waals surface area contributed by atoms with Crippen molar-refractivity contribution >= 4 is 48.8 Å². The molecule has 0 amide bonds. The van der Waals surface area contributed by atoms with Gasteiger partial charge in [-0.2, -0.15) is 4.98 Å². The fourth-order valence-corrected chi connectivity index (χ4v) is 3.95. The lowest BCUT2D eigenvalue weighted by molar-refractivity contribution is -0.385. The molecule has 11 heteroatoms. The Hall–Kier alpha value is -1.78. The van der Waals surface area contributed by atoms with Gasteiger partial charge in [0.25, 0.3) is 5.69 Å². The number of hydrogen-bond acceptors (Lipinski definition) is 7. The van der Waals surface area contributed by atoms with Crippen LogP contribution in [0.15, 0.2) is 39.8 Å². The van der Waals surface area contributed by atoms with E-state index in [-0.39, 0.29) is 21.6 Å². The second-order valence-corrected chi connectivity index (χ2v) is 8.53. The first-order valence-electron chi connectivity index (χ1n) is 7.22. The SMILES string of the molecule is N=S(=O)(CCCCNc1nc(Cl)ncc1Br)c1cccc([N+](=O)[O-])c1. The Balaban J connectivity index is 1.87. The van der Waals surface area contributed by atoms with Gasteiger partial charge in [0.1, 0.15) is 5.82 Å². The molecule has 0 aliphatic rings. The molecule has 0 aliphatic carbocycles. The molecule has 25 heavy (non-hydrogen) atoms. The molecule has 0 fully saturated rings. The average molecular weight is 449 g/mol. The molecular formula is C14H15BrClN5O3S. The zero-order chi connectivity index (χ0) is 18.4. The number of unbranched alkanes of at least 4 members (excludes halogenated alkanes) is 1. The molecule has 0 saturated heterocycles. The third-order valence-electron chi connectivity index (χ3n) is 3.27. The van der Waals surface area contributed by atoms with Gasteiger partial charge in [-0.05, 0) is 46.4 Å². The maximum atomic E-state index is 12.5. The zero-order valence-corrected chi connectivity index (χ0v) is 16.1. The summed E-state index contributed by atoms with van der Waals surface area (Å²) in [5.41, 5.74) is -0.162. The van der Waals surface area contributed by atoms with E-state index in [1.54, 1.807) is 0 Å². The van der Waals surface area contributed by atoms with Crippen LogP contribution in [-0.2, 0) is 9.73 Å². The van der Waals surface area contributed by atoms with E-state index >= 15 is 0 Å². The van der Waals surface area contributed by atoms with E-state index in [4.69, 9.17) is 16.4 Å². The van der Waals surface area contributed by atoms with Gasteiger partial charge in [0.2, 0.25) is 5.28 Å². The molecule has 1 atom stereocenters. The topological polar surface area (TPSA) is 122 Å². The number of non-ortho nitro benzene ring substituents is 1. The Bertz CT molecular complexity index is 879. The number of aromatic nitrogens is 2. The van der Waals surface area contributed by atoms with Crippen LogP contribution < -0.4 is 5.32 Å². The first-order chi connectivity index (χ1) is 11.8. The quantitative estimate of drug-likeness (QED) is 0.271. The second kappa shape index (κ2) is 8.54. The van der Waals surface area contributed by atoms with Crippen LogP contribution in [0.2, 0.25) is 5.28 Å². The van der Waals surface area contributed by atoms with Crippen LogP contribution in [0.1, 0.15) is 12.8 Å². The van der Waals surface area contributed by atoms with Crippen molar-refractivity contribution in [2.24, 2.45) is 0 Å². The van der Waals surface area contributed by atoms with Gasteiger partial charge < -0.3 is 5.32 Å². The monoisotopic (exact) mass is 447 g/mol. The summed E-state index contributed by atoms with van der Waals surface area (Å²) in [5.74, 6) is 0.687. The third kappa shape index (κ3) is 5.62. The predicted octanol–water partition coefficient (Wildman–Crippen LogP) is 4.10. The number of hydrogen-bond donors (Lipinski definition) is 2. The number of halogens is 2. The van der Waals surface area contributed by atoms with Crippen LogP contribution in [-0.4, -0.2) is 31.4 Å². The van der Waals surface area contributed by atoms with E-state index in [9.17, 15) is 14.3 Å². The summed E-state index contributed by atoms with van der Waals surface area (Å²) in [5, 5.41) is 14.0. The summed E-state index contributed by atoms with van der Waals surface area (Å²) in [6.07, 6.45) is 2.71. The molecule has 1 unspecified atom stereocenters. The molecule has 0 radical (unpaired) electrons. The van der Waals surface area contributed by atoms with E-state index in [0.29, 0.717) is 29.7 Å². The number of nitro groups is 1. The Morgan fingerprint density at radius 2 is 2.16 bits per heavy atom. The summed E-state index contributed by atoms with van der Waals surface area (Å²) in [4.78, 5) is 18.3. The molecule has 0 aliphatic heterocycles. The molecule has 134 valence electrons. The Labute approximate surface area is 158 Å². The van der Waals surface area contributed by atoms with E-state index in [2.05, 4.69) is 31.2 Å². The minimum absolute atomic E-state index is 0.127. The number of nitrogens with one attached hydrogen (secondary N) is 2. The van der Waals surface area contributed by atoms with Crippen molar-refractivity contribution in [3.63, 3.8) is 0 Å². The summed E-state index contributed by atoms with van der Waals surface area (Å²) >= 11 is 9.03. The van der Waals surface area contributed by atoms with E-state index in [0.717, 1.165) is 0 Å². The van der Waals surface area contributed by atoms with Crippen molar-refractivity contribution in [1.29, 1.82) is 4.78 Å². The maximum absolute atomic E-state index is 12.5. The molecule has 2 aromatic rings. The van der Waals surface area contributed by atoms with E-state index < -0.39 is 14.7 Å². The number of benzene rings is 1. The van der Waals surface area contributed by atoms with E-state index in [1.165, 1.54) is 30.5 Å². The van der Waals surface area contributed by atoms with Gasteiger partial charge in [-0.25, -0.2) is 14.0 Å². The van der Waals surface area contributed by atoms with Crippen LogP contribution in [0.25, 0.3) is 0 Å². The highest BCUT2D eigenvalue weighted by Crippen LogP contribution is 2.21. The lowest BCUT2D eigenvalue weighted by Gasteiger charge is -2.09. The minimum atomic E-state index is -3.06. The first kappa shape index (κ1) is 19.5. The van der Waals surface area contributed by atoms with Gasteiger partial charge in [0.15, 0.2) is 0 Å². The van der Waals surface area contributed by atoms with E-state index in [1.807, 2.05) is 0 Å². The summed E-state index contributed by atoms with van der Waals surface area (Å²) in [6, 6.07) is 5.45. The summed E-state index contributed by atoms with van der Waals surface area (Å²) in [6.45, 7) is 0.552. The van der Waals surface area contributed by atoms with Crippen molar-refractivity contribution in [1.82, 2.24) is 9.97 Å². The zero-order valence-electron chi connectivity index (χ0n) is 12.9. The molecular weight excluding hydrogens is 434 g/mol. The number of nitro benzene ring substituents is 1. The van der Waals surface area contributed by atoms with Crippen molar-refractivity contribution in [2.75, 3.05) is 17.6 Å². The fraction of sp³-hybridized carbons (Fsp3) is 0.286. The first-order valence-corrected chi connectivity index (χ1v) is 10.1. The highest BCUT2D eigenvalue weighted by atomic mass is 79.9. The van der Waals surface area contributed by atoms with Gasteiger partial charge in [-0.1, -0.05) is 6.07 Å². The average Bonchev–Trinajstić information content (AvgIpc) is 2.57. The minimum Gasteiger partial charge on any atom is -0.369 e. The summed E-state index contributed by atoms with van der Waals surface area (Å²) in [7, 11) is -3.06. The number of anilines is 1. The third-order valence-corrected chi connectivity index (χ3v) is 5.92. The van der Waals surface area contributed by atoms with Crippen molar-refractivity contribution in [2.45, 2.75) is 17.7 Å². The Morgan fingerprint density at radius 1 is 1.40 bits per heavy atom. The van der Waals surface area contributed by atoms with Crippen LogP contribution in [0.4, 0.5) is 11.5 Å². The fourth-order valence-electron chi connectivity index (χ4n) is 2.03. The normalized spacial score (nSPS) is 13.2. The molecule has 0 spiro atoms. The highest BCUT2D eigenvalue weighted by Gasteiger charge is 2.14. The van der Waals surface area contributed by atoms with Gasteiger partial charge in [0, 0.05) is 30.6 Å². The second-order valence-electron chi connectivity index (χ2n) is 5.10. The van der Waals surface area contributed by atoms with Crippen molar-refractivity contribution < 1.29 is 9.13 Å². The molecule has 1 aromatic carbocycles. The smallest absolute Gasteiger partial charge is 0.270 e. The molecule has 1 heterocycles. The van der Waals surface area contributed by atoms with Crippen LogP contribution in [0.5, 0.6) is 0 Å². The standard InChI is InChI=1S/C14H15BrClN5O3S/c15-12-9-19-14(16)20-13(12)18-6-1-2-7-25(17,24)11-5-3-4-10(8-11)21(22)23/h3-5,8-9,17H,1-2,6-7H2,(H,18,19,20). The van der Waals surface area contributed by atoms with Crippen molar-refractivity contribution in [3.05, 3.63) is 50.3 Å². The molecule has 8 nitrogen and oxygen atoms in total. The Kier molecular flexibility index (Phi) is 6.68. The van der Waals surface area contributed by atoms with Crippen molar-refractivity contribution in [3.8, 4) is 0 Å².